The Morgan fingerprint density at radius 1 is 1.44 bits per heavy atom. The molecule has 0 fully saturated rings. The van der Waals surface area contributed by atoms with E-state index in [1.165, 1.54) is 24.3 Å². The number of esters is 1. The second-order valence-electron chi connectivity index (χ2n) is 3.53. The summed E-state index contributed by atoms with van der Waals surface area (Å²) in [5.74, 6) is -0.155. The van der Waals surface area contributed by atoms with Gasteiger partial charge in [-0.15, -0.1) is 5.10 Å². The molecule has 7 nitrogen and oxygen atoms in total. The monoisotopic (exact) mass is 246 g/mol. The number of nitrogens with zero attached hydrogens (tertiary/aromatic N) is 4. The van der Waals surface area contributed by atoms with Gasteiger partial charge < -0.3 is 4.74 Å². The molecule has 92 valence electrons. The van der Waals surface area contributed by atoms with E-state index in [4.69, 9.17) is 0 Å². The lowest BCUT2D eigenvalue weighted by molar-refractivity contribution is 0.0587. The number of carbonyl (C=O) groups excluding carboxylic acids is 2. The Labute approximate surface area is 102 Å². The SMILES string of the molecule is COC(=O)c1ncn(-c2ncc(C=O)cc2C)n1. The topological polar surface area (TPSA) is 87.0 Å². The summed E-state index contributed by atoms with van der Waals surface area (Å²) in [6.07, 6.45) is 3.50. The van der Waals surface area contributed by atoms with Gasteiger partial charge in [0.05, 0.1) is 7.11 Å². The summed E-state index contributed by atoms with van der Waals surface area (Å²) < 4.78 is 5.87. The van der Waals surface area contributed by atoms with Crippen molar-refractivity contribution in [3.8, 4) is 5.82 Å². The predicted molar refractivity (Wildman–Crippen MR) is 60.6 cm³/mol. The zero-order valence-electron chi connectivity index (χ0n) is 9.82. The Morgan fingerprint density at radius 2 is 2.22 bits per heavy atom. The van der Waals surface area contributed by atoms with Crippen LogP contribution in [-0.2, 0) is 4.74 Å². The number of hydrogen-bond acceptors (Lipinski definition) is 6. The van der Waals surface area contributed by atoms with Crippen LogP contribution in [0, 0.1) is 6.92 Å². The van der Waals surface area contributed by atoms with E-state index < -0.39 is 5.97 Å². The van der Waals surface area contributed by atoms with Crippen LogP contribution in [0.15, 0.2) is 18.6 Å². The minimum Gasteiger partial charge on any atom is -0.463 e. The van der Waals surface area contributed by atoms with E-state index >= 15 is 0 Å². The second kappa shape index (κ2) is 4.74. The quantitative estimate of drug-likeness (QED) is 0.581. The first-order chi connectivity index (χ1) is 8.65. The minimum atomic E-state index is -0.615. The van der Waals surface area contributed by atoms with Gasteiger partial charge >= 0.3 is 5.97 Å². The molecule has 2 heterocycles. The molecule has 0 N–H and O–H groups in total. The Bertz CT molecular complexity index is 606. The highest BCUT2D eigenvalue weighted by Crippen LogP contribution is 2.10. The number of ether oxygens (including phenoxy) is 1. The molecule has 7 heteroatoms. The van der Waals surface area contributed by atoms with Crippen molar-refractivity contribution in [2.24, 2.45) is 0 Å². The number of aromatic nitrogens is 4. The summed E-state index contributed by atoms with van der Waals surface area (Å²) in [5.41, 5.74) is 1.23. The van der Waals surface area contributed by atoms with E-state index in [-0.39, 0.29) is 5.82 Å². The fourth-order valence-electron chi connectivity index (χ4n) is 1.44. The number of methoxy groups -OCH3 is 1. The molecule has 0 aliphatic carbocycles. The first kappa shape index (κ1) is 11.9. The van der Waals surface area contributed by atoms with Crippen molar-refractivity contribution in [2.75, 3.05) is 7.11 Å². The fourth-order valence-corrected chi connectivity index (χ4v) is 1.44. The van der Waals surface area contributed by atoms with E-state index in [9.17, 15) is 9.59 Å². The van der Waals surface area contributed by atoms with Crippen molar-refractivity contribution >= 4 is 12.3 Å². The zero-order chi connectivity index (χ0) is 13.1. The van der Waals surface area contributed by atoms with E-state index in [0.29, 0.717) is 17.7 Å². The molecule has 0 radical (unpaired) electrons. The Morgan fingerprint density at radius 3 is 2.83 bits per heavy atom. The third kappa shape index (κ3) is 2.10. The highest BCUT2D eigenvalue weighted by atomic mass is 16.5. The van der Waals surface area contributed by atoms with Crippen molar-refractivity contribution in [3.63, 3.8) is 0 Å². The van der Waals surface area contributed by atoms with Crippen LogP contribution < -0.4 is 0 Å². The smallest absolute Gasteiger partial charge is 0.377 e. The van der Waals surface area contributed by atoms with Gasteiger partial charge in [0, 0.05) is 11.8 Å². The van der Waals surface area contributed by atoms with Crippen LogP contribution in [0.5, 0.6) is 0 Å². The molecule has 2 rings (SSSR count). The molecule has 0 aliphatic heterocycles. The zero-order valence-corrected chi connectivity index (χ0v) is 9.82. The Balaban J connectivity index is 2.40. The average Bonchev–Trinajstić information content (AvgIpc) is 2.87. The van der Waals surface area contributed by atoms with Crippen molar-refractivity contribution in [2.45, 2.75) is 6.92 Å². The summed E-state index contributed by atoms with van der Waals surface area (Å²) in [4.78, 5) is 29.7. The van der Waals surface area contributed by atoms with E-state index in [0.717, 1.165) is 5.56 Å². The summed E-state index contributed by atoms with van der Waals surface area (Å²) >= 11 is 0. The summed E-state index contributed by atoms with van der Waals surface area (Å²) in [6, 6.07) is 1.68. The molecule has 2 aromatic heterocycles. The lowest BCUT2D eigenvalue weighted by Crippen LogP contribution is -2.07. The third-order valence-electron chi connectivity index (χ3n) is 2.28. The maximum absolute atomic E-state index is 11.2. The van der Waals surface area contributed by atoms with Crippen LogP contribution in [0.1, 0.15) is 26.5 Å². The molecule has 0 aliphatic rings. The van der Waals surface area contributed by atoms with E-state index in [1.54, 1.807) is 13.0 Å². The van der Waals surface area contributed by atoms with Crippen LogP contribution in [0.3, 0.4) is 0 Å². The maximum Gasteiger partial charge on any atom is 0.377 e. The van der Waals surface area contributed by atoms with Crippen LogP contribution in [0.25, 0.3) is 5.82 Å². The number of rotatable bonds is 3. The molecule has 0 unspecified atom stereocenters. The standard InChI is InChI=1S/C11H10N4O3/c1-7-3-8(5-16)4-12-10(7)15-6-13-9(14-15)11(17)18-2/h3-6H,1-2H3. The lowest BCUT2D eigenvalue weighted by atomic mass is 10.2. The lowest BCUT2D eigenvalue weighted by Gasteiger charge is -2.03. The van der Waals surface area contributed by atoms with E-state index in [1.807, 2.05) is 0 Å². The molecule has 0 saturated heterocycles. The molecule has 0 amide bonds. The highest BCUT2D eigenvalue weighted by molar-refractivity contribution is 5.84. The van der Waals surface area contributed by atoms with E-state index in [2.05, 4.69) is 19.8 Å². The largest absolute Gasteiger partial charge is 0.463 e. The first-order valence-electron chi connectivity index (χ1n) is 5.08. The molecule has 2 aromatic rings. The van der Waals surface area contributed by atoms with Crippen LogP contribution in [-0.4, -0.2) is 39.1 Å². The van der Waals surface area contributed by atoms with Gasteiger partial charge in [-0.25, -0.2) is 19.4 Å². The van der Waals surface area contributed by atoms with Gasteiger partial charge in [-0.3, -0.25) is 4.79 Å². The maximum atomic E-state index is 11.2. The Hall–Kier alpha value is -2.57. The van der Waals surface area contributed by atoms with Gasteiger partial charge in [0.25, 0.3) is 5.82 Å². The van der Waals surface area contributed by atoms with Crippen molar-refractivity contribution < 1.29 is 14.3 Å². The van der Waals surface area contributed by atoms with Crippen LogP contribution in [0.4, 0.5) is 0 Å². The molecule has 0 atom stereocenters. The van der Waals surface area contributed by atoms with Gasteiger partial charge in [0.15, 0.2) is 12.1 Å². The molecule has 18 heavy (non-hydrogen) atoms. The van der Waals surface area contributed by atoms with Gasteiger partial charge in [-0.05, 0) is 18.6 Å². The van der Waals surface area contributed by atoms with Gasteiger partial charge in [0.2, 0.25) is 0 Å². The summed E-state index contributed by atoms with van der Waals surface area (Å²) in [5, 5.41) is 3.95. The normalized spacial score (nSPS) is 10.1. The molecular formula is C11H10N4O3. The summed E-state index contributed by atoms with van der Waals surface area (Å²) in [7, 11) is 1.26. The molecule has 0 saturated carbocycles. The number of carbonyl (C=O) groups is 2. The molecule has 0 aromatic carbocycles. The number of aryl methyl sites for hydroxylation is 1. The Kier molecular flexibility index (Phi) is 3.13. The summed E-state index contributed by atoms with van der Waals surface area (Å²) in [6.45, 7) is 1.79. The predicted octanol–water partition coefficient (Wildman–Crippen LogP) is 0.570. The molecular weight excluding hydrogens is 236 g/mol. The van der Waals surface area contributed by atoms with Gasteiger partial charge in [-0.2, -0.15) is 0 Å². The van der Waals surface area contributed by atoms with Crippen molar-refractivity contribution in [3.05, 3.63) is 35.5 Å². The van der Waals surface area contributed by atoms with Crippen LogP contribution in [0.2, 0.25) is 0 Å². The van der Waals surface area contributed by atoms with Crippen molar-refractivity contribution in [1.82, 2.24) is 19.7 Å². The molecule has 0 spiro atoms. The fraction of sp³-hybridized carbons (Fsp3) is 0.182. The highest BCUT2D eigenvalue weighted by Gasteiger charge is 2.13. The molecule has 0 bridgehead atoms. The third-order valence-corrected chi connectivity index (χ3v) is 2.28. The number of pyridine rings is 1. The first-order valence-corrected chi connectivity index (χ1v) is 5.08. The second-order valence-corrected chi connectivity index (χ2v) is 3.53. The number of hydrogen-bond donors (Lipinski definition) is 0. The van der Waals surface area contributed by atoms with Crippen LogP contribution >= 0.6 is 0 Å². The van der Waals surface area contributed by atoms with Gasteiger partial charge in [0.1, 0.15) is 6.33 Å². The number of aldehydes is 1. The van der Waals surface area contributed by atoms with Crippen molar-refractivity contribution in [1.29, 1.82) is 0 Å². The minimum absolute atomic E-state index is 0.0434. The average molecular weight is 246 g/mol. The van der Waals surface area contributed by atoms with Gasteiger partial charge in [-0.1, -0.05) is 0 Å².